The van der Waals surface area contributed by atoms with Crippen molar-refractivity contribution in [2.45, 2.75) is 33.2 Å². The zero-order valence-electron chi connectivity index (χ0n) is 12.1. The van der Waals surface area contributed by atoms with E-state index >= 15 is 0 Å². The van der Waals surface area contributed by atoms with Crippen molar-refractivity contribution in [3.63, 3.8) is 0 Å². The van der Waals surface area contributed by atoms with Crippen LogP contribution >= 0.6 is 0 Å². The van der Waals surface area contributed by atoms with Crippen molar-refractivity contribution in [2.24, 2.45) is 0 Å². The van der Waals surface area contributed by atoms with Gasteiger partial charge in [0.1, 0.15) is 11.5 Å². The first-order chi connectivity index (χ1) is 9.47. The van der Waals surface area contributed by atoms with Gasteiger partial charge in [0, 0.05) is 17.3 Å². The van der Waals surface area contributed by atoms with Gasteiger partial charge in [-0.05, 0) is 56.5 Å². The summed E-state index contributed by atoms with van der Waals surface area (Å²) in [6.07, 6.45) is 0.856. The summed E-state index contributed by atoms with van der Waals surface area (Å²) in [5.74, 6) is 0.639. The zero-order valence-corrected chi connectivity index (χ0v) is 12.1. The summed E-state index contributed by atoms with van der Waals surface area (Å²) in [6.45, 7) is 5.91. The zero-order chi connectivity index (χ0) is 14.7. The Bertz CT molecular complexity index is 591. The van der Waals surface area contributed by atoms with Crippen LogP contribution < -0.4 is 5.32 Å². The predicted octanol–water partition coefficient (Wildman–Crippen LogP) is 3.76. The van der Waals surface area contributed by atoms with Crippen molar-refractivity contribution in [1.82, 2.24) is 0 Å². The van der Waals surface area contributed by atoms with Crippen molar-refractivity contribution in [3.05, 3.63) is 53.1 Å². The largest absolute Gasteiger partial charge is 0.508 e. The number of benzene rings is 2. The topological polar surface area (TPSA) is 52.5 Å². The molecule has 1 atom stereocenters. The molecule has 0 radical (unpaired) electrons. The fourth-order valence-corrected chi connectivity index (χ4v) is 2.29. The number of rotatable bonds is 4. The Hall–Kier alpha value is -2.16. The quantitative estimate of drug-likeness (QED) is 0.793. The third kappa shape index (κ3) is 3.23. The van der Waals surface area contributed by atoms with Gasteiger partial charge in [-0.15, -0.1) is 0 Å². The maximum absolute atomic E-state index is 9.95. The number of nitrogens with one attached hydrogen (secondary N) is 1. The molecular weight excluding hydrogens is 250 g/mol. The van der Waals surface area contributed by atoms with Gasteiger partial charge in [0.25, 0.3) is 0 Å². The van der Waals surface area contributed by atoms with Crippen LogP contribution in [0.5, 0.6) is 11.5 Å². The van der Waals surface area contributed by atoms with E-state index in [1.165, 1.54) is 0 Å². The van der Waals surface area contributed by atoms with Crippen LogP contribution in [0, 0.1) is 13.8 Å². The molecule has 3 heteroatoms. The second-order valence-corrected chi connectivity index (χ2v) is 5.32. The summed E-state index contributed by atoms with van der Waals surface area (Å²) >= 11 is 0. The third-order valence-electron chi connectivity index (χ3n) is 3.51. The van der Waals surface area contributed by atoms with Gasteiger partial charge < -0.3 is 15.5 Å². The van der Waals surface area contributed by atoms with Crippen LogP contribution in [0.25, 0.3) is 0 Å². The maximum atomic E-state index is 9.95. The molecule has 3 N–H and O–H groups in total. The molecule has 1 unspecified atom stereocenters. The highest BCUT2D eigenvalue weighted by Crippen LogP contribution is 2.28. The minimum absolute atomic E-state index is 0.236. The normalized spacial score (nSPS) is 12.2. The Balaban J connectivity index is 2.06. The Morgan fingerprint density at radius 3 is 2.30 bits per heavy atom. The van der Waals surface area contributed by atoms with E-state index in [2.05, 4.69) is 12.2 Å². The van der Waals surface area contributed by atoms with E-state index in [-0.39, 0.29) is 11.8 Å². The number of hydrogen-bond donors (Lipinski definition) is 3. The van der Waals surface area contributed by atoms with Gasteiger partial charge in [0.2, 0.25) is 0 Å². The van der Waals surface area contributed by atoms with Crippen molar-refractivity contribution in [1.29, 1.82) is 0 Å². The minimum Gasteiger partial charge on any atom is -0.508 e. The molecule has 0 saturated carbocycles. The molecule has 2 aromatic carbocycles. The molecule has 20 heavy (non-hydrogen) atoms. The highest BCUT2D eigenvalue weighted by molar-refractivity contribution is 5.59. The van der Waals surface area contributed by atoms with Gasteiger partial charge >= 0.3 is 0 Å². The molecule has 0 bridgehead atoms. The highest BCUT2D eigenvalue weighted by atomic mass is 16.3. The molecule has 0 aliphatic rings. The Kier molecular flexibility index (Phi) is 4.18. The predicted molar refractivity (Wildman–Crippen MR) is 82.5 cm³/mol. The second-order valence-electron chi connectivity index (χ2n) is 5.32. The molecule has 3 nitrogen and oxygen atoms in total. The van der Waals surface area contributed by atoms with Crippen LogP contribution in [0.2, 0.25) is 0 Å². The molecular formula is C17H21NO2. The number of phenols is 2. The van der Waals surface area contributed by atoms with Crippen molar-refractivity contribution < 1.29 is 10.2 Å². The lowest BCUT2D eigenvalue weighted by Crippen LogP contribution is -2.18. The average Bonchev–Trinajstić information content (AvgIpc) is 2.42. The van der Waals surface area contributed by atoms with E-state index in [1.54, 1.807) is 12.1 Å². The Morgan fingerprint density at radius 2 is 1.65 bits per heavy atom. The number of aromatic hydroxyl groups is 2. The molecule has 0 aromatic heterocycles. The van der Waals surface area contributed by atoms with Gasteiger partial charge in [-0.2, -0.15) is 0 Å². The van der Waals surface area contributed by atoms with Crippen molar-refractivity contribution in [3.8, 4) is 11.5 Å². The van der Waals surface area contributed by atoms with Crippen molar-refractivity contribution in [2.75, 3.05) is 5.32 Å². The molecule has 0 heterocycles. The van der Waals surface area contributed by atoms with Crippen LogP contribution in [-0.4, -0.2) is 16.3 Å². The lowest BCUT2D eigenvalue weighted by atomic mass is 10.0. The van der Waals surface area contributed by atoms with Crippen molar-refractivity contribution >= 4 is 5.69 Å². The lowest BCUT2D eigenvalue weighted by molar-refractivity contribution is 0.467. The number of phenolic OH excluding ortho intramolecular Hbond substituents is 2. The van der Waals surface area contributed by atoms with Gasteiger partial charge in [-0.1, -0.05) is 18.2 Å². The third-order valence-corrected chi connectivity index (χ3v) is 3.51. The fourth-order valence-electron chi connectivity index (χ4n) is 2.29. The smallest absolute Gasteiger partial charge is 0.123 e. The van der Waals surface area contributed by atoms with E-state index in [4.69, 9.17) is 0 Å². The molecule has 0 aliphatic heterocycles. The second kappa shape index (κ2) is 5.87. The first-order valence-corrected chi connectivity index (χ1v) is 6.81. The fraction of sp³-hybridized carbons (Fsp3) is 0.294. The standard InChI is InChI=1S/C17H21NO2/c1-11-4-9-16(13(3)17(11)20)18-12(2)10-14-5-7-15(19)8-6-14/h4-9,12,18-20H,10H2,1-3H3. The van der Waals surface area contributed by atoms with Gasteiger partial charge in [0.05, 0.1) is 0 Å². The molecule has 0 aliphatic carbocycles. The molecule has 2 rings (SSSR count). The van der Waals surface area contributed by atoms with Gasteiger partial charge in [-0.3, -0.25) is 0 Å². The monoisotopic (exact) mass is 271 g/mol. The SMILES string of the molecule is Cc1ccc(NC(C)Cc2ccc(O)cc2)c(C)c1O. The lowest BCUT2D eigenvalue weighted by Gasteiger charge is -2.18. The molecule has 0 saturated heterocycles. The molecule has 2 aromatic rings. The summed E-state index contributed by atoms with van der Waals surface area (Å²) in [6, 6.07) is 11.4. The number of anilines is 1. The van der Waals surface area contributed by atoms with Crippen LogP contribution in [0.3, 0.4) is 0 Å². The maximum Gasteiger partial charge on any atom is 0.123 e. The summed E-state index contributed by atoms with van der Waals surface area (Å²) in [5, 5.41) is 22.6. The van der Waals surface area contributed by atoms with E-state index in [1.807, 2.05) is 38.1 Å². The molecule has 0 amide bonds. The van der Waals surface area contributed by atoms with E-state index < -0.39 is 0 Å². The summed E-state index contributed by atoms with van der Waals surface area (Å²) in [4.78, 5) is 0. The highest BCUT2D eigenvalue weighted by Gasteiger charge is 2.09. The molecule has 106 valence electrons. The summed E-state index contributed by atoms with van der Waals surface area (Å²) in [7, 11) is 0. The minimum atomic E-state index is 0.236. The van der Waals surface area contributed by atoms with E-state index in [0.29, 0.717) is 5.75 Å². The van der Waals surface area contributed by atoms with Crippen LogP contribution in [0.1, 0.15) is 23.6 Å². The first kappa shape index (κ1) is 14.3. The summed E-state index contributed by atoms with van der Waals surface area (Å²) < 4.78 is 0. The molecule has 0 fully saturated rings. The van der Waals surface area contributed by atoms with Crippen LogP contribution in [0.15, 0.2) is 36.4 Å². The Labute approximate surface area is 119 Å². The van der Waals surface area contributed by atoms with Gasteiger partial charge in [-0.25, -0.2) is 0 Å². The van der Waals surface area contributed by atoms with Gasteiger partial charge in [0.15, 0.2) is 0 Å². The summed E-state index contributed by atoms with van der Waals surface area (Å²) in [5.41, 5.74) is 3.89. The number of aryl methyl sites for hydroxylation is 1. The first-order valence-electron chi connectivity index (χ1n) is 6.81. The Morgan fingerprint density at radius 1 is 1.00 bits per heavy atom. The van der Waals surface area contributed by atoms with Crippen LogP contribution in [0.4, 0.5) is 5.69 Å². The molecule has 0 spiro atoms. The average molecular weight is 271 g/mol. The number of hydrogen-bond acceptors (Lipinski definition) is 3. The van der Waals surface area contributed by atoms with E-state index in [0.717, 1.165) is 28.8 Å². The van der Waals surface area contributed by atoms with Crippen LogP contribution in [-0.2, 0) is 6.42 Å². The van der Waals surface area contributed by atoms with E-state index in [9.17, 15) is 10.2 Å².